The van der Waals surface area contributed by atoms with Gasteiger partial charge in [-0.15, -0.1) is 0 Å². The van der Waals surface area contributed by atoms with Crippen LogP contribution >= 0.6 is 0 Å². The Morgan fingerprint density at radius 2 is 2.29 bits per heavy atom. The molecule has 3 nitrogen and oxygen atoms in total. The molecule has 2 rings (SSSR count). The fourth-order valence-corrected chi connectivity index (χ4v) is 2.65. The molecule has 1 aromatic rings. The van der Waals surface area contributed by atoms with E-state index in [1.807, 2.05) is 0 Å². The van der Waals surface area contributed by atoms with Gasteiger partial charge in [0, 0.05) is 0 Å². The number of ether oxygens (including phenoxy) is 1. The lowest BCUT2D eigenvalue weighted by Crippen LogP contribution is -2.33. The molecular formula is C14H19NO2. The van der Waals surface area contributed by atoms with Crippen LogP contribution in [0.4, 0.5) is 0 Å². The summed E-state index contributed by atoms with van der Waals surface area (Å²) in [5.74, 6) is 0.0853. The maximum Gasteiger partial charge on any atom is 0.322 e. The van der Waals surface area contributed by atoms with Crippen LogP contribution in [-0.4, -0.2) is 19.1 Å². The van der Waals surface area contributed by atoms with Gasteiger partial charge < -0.3 is 10.5 Å². The van der Waals surface area contributed by atoms with E-state index in [1.165, 1.54) is 24.7 Å². The molecule has 0 saturated carbocycles. The summed E-state index contributed by atoms with van der Waals surface area (Å²) in [5.41, 5.74) is 8.60. The van der Waals surface area contributed by atoms with Crippen LogP contribution in [0.2, 0.25) is 0 Å². The van der Waals surface area contributed by atoms with E-state index in [-0.39, 0.29) is 5.97 Å². The van der Waals surface area contributed by atoms with Gasteiger partial charge in [0.2, 0.25) is 0 Å². The average Bonchev–Trinajstić information content (AvgIpc) is 2.38. The molecule has 0 fully saturated rings. The van der Waals surface area contributed by atoms with Crippen LogP contribution in [-0.2, 0) is 16.0 Å². The van der Waals surface area contributed by atoms with Crippen molar-refractivity contribution in [2.75, 3.05) is 7.11 Å². The SMILES string of the molecule is COC(=O)[C@H](N)CC1CCCc2ccccc21. The van der Waals surface area contributed by atoms with Gasteiger partial charge >= 0.3 is 5.97 Å². The van der Waals surface area contributed by atoms with Crippen molar-refractivity contribution in [1.82, 2.24) is 0 Å². The topological polar surface area (TPSA) is 52.3 Å². The van der Waals surface area contributed by atoms with E-state index < -0.39 is 6.04 Å². The van der Waals surface area contributed by atoms with Crippen molar-refractivity contribution < 1.29 is 9.53 Å². The summed E-state index contributed by atoms with van der Waals surface area (Å²) in [7, 11) is 1.39. The van der Waals surface area contributed by atoms with Crippen LogP contribution in [0.25, 0.3) is 0 Å². The Hall–Kier alpha value is -1.35. The van der Waals surface area contributed by atoms with E-state index in [4.69, 9.17) is 5.73 Å². The highest BCUT2D eigenvalue weighted by Crippen LogP contribution is 2.34. The van der Waals surface area contributed by atoms with Gasteiger partial charge in [-0.05, 0) is 42.7 Å². The van der Waals surface area contributed by atoms with Gasteiger partial charge in [0.25, 0.3) is 0 Å². The lowest BCUT2D eigenvalue weighted by Gasteiger charge is -2.26. The molecule has 0 amide bonds. The minimum atomic E-state index is -0.504. The Labute approximate surface area is 102 Å². The fraction of sp³-hybridized carbons (Fsp3) is 0.500. The van der Waals surface area contributed by atoms with Gasteiger partial charge in [-0.25, -0.2) is 0 Å². The number of aryl methyl sites for hydroxylation is 1. The molecule has 3 heteroatoms. The third-order valence-corrected chi connectivity index (χ3v) is 3.54. The van der Waals surface area contributed by atoms with Crippen molar-refractivity contribution >= 4 is 5.97 Å². The molecule has 92 valence electrons. The lowest BCUT2D eigenvalue weighted by atomic mass is 9.80. The average molecular weight is 233 g/mol. The largest absolute Gasteiger partial charge is 0.468 e. The first-order chi connectivity index (χ1) is 8.22. The molecule has 1 aromatic carbocycles. The van der Waals surface area contributed by atoms with E-state index in [0.717, 1.165) is 12.8 Å². The van der Waals surface area contributed by atoms with Crippen molar-refractivity contribution in [3.05, 3.63) is 35.4 Å². The molecule has 17 heavy (non-hydrogen) atoms. The highest BCUT2D eigenvalue weighted by molar-refractivity contribution is 5.75. The first-order valence-electron chi connectivity index (χ1n) is 6.13. The Bertz CT molecular complexity index is 403. The fourth-order valence-electron chi connectivity index (χ4n) is 2.65. The molecule has 1 aliphatic rings. The van der Waals surface area contributed by atoms with Gasteiger partial charge in [0.05, 0.1) is 7.11 Å². The number of carbonyl (C=O) groups excluding carboxylic acids is 1. The molecule has 0 radical (unpaired) electrons. The second kappa shape index (κ2) is 5.32. The third kappa shape index (κ3) is 2.67. The van der Waals surface area contributed by atoms with Gasteiger partial charge in [0.15, 0.2) is 0 Å². The number of hydrogen-bond donors (Lipinski definition) is 1. The van der Waals surface area contributed by atoms with Crippen molar-refractivity contribution in [2.45, 2.75) is 37.6 Å². The summed E-state index contributed by atoms with van der Waals surface area (Å²) >= 11 is 0. The zero-order valence-electron chi connectivity index (χ0n) is 10.2. The molecule has 0 spiro atoms. The summed E-state index contributed by atoms with van der Waals surface area (Å²) in [4.78, 5) is 11.4. The first kappa shape index (κ1) is 12.1. The van der Waals surface area contributed by atoms with E-state index >= 15 is 0 Å². The van der Waals surface area contributed by atoms with E-state index in [1.54, 1.807) is 0 Å². The normalized spacial score (nSPS) is 20.5. The molecule has 2 atom stereocenters. The third-order valence-electron chi connectivity index (χ3n) is 3.54. The number of carbonyl (C=O) groups is 1. The number of nitrogens with two attached hydrogens (primary N) is 1. The van der Waals surface area contributed by atoms with Crippen LogP contribution in [0.5, 0.6) is 0 Å². The van der Waals surface area contributed by atoms with E-state index in [9.17, 15) is 4.79 Å². The molecule has 0 aromatic heterocycles. The maximum absolute atomic E-state index is 11.4. The molecule has 1 aliphatic carbocycles. The van der Waals surface area contributed by atoms with Crippen LogP contribution in [0, 0.1) is 0 Å². The van der Waals surface area contributed by atoms with Gasteiger partial charge in [-0.2, -0.15) is 0 Å². The summed E-state index contributed by atoms with van der Waals surface area (Å²) < 4.78 is 4.68. The van der Waals surface area contributed by atoms with Gasteiger partial charge in [-0.3, -0.25) is 4.79 Å². The predicted molar refractivity (Wildman–Crippen MR) is 66.7 cm³/mol. The molecule has 0 heterocycles. The molecular weight excluding hydrogens is 214 g/mol. The Morgan fingerprint density at radius 3 is 3.06 bits per heavy atom. The van der Waals surface area contributed by atoms with E-state index in [0.29, 0.717) is 12.3 Å². The number of hydrogen-bond acceptors (Lipinski definition) is 3. The van der Waals surface area contributed by atoms with Crippen molar-refractivity contribution in [1.29, 1.82) is 0 Å². The predicted octanol–water partition coefficient (Wildman–Crippen LogP) is 2.00. The lowest BCUT2D eigenvalue weighted by molar-refractivity contribution is -0.142. The molecule has 1 unspecified atom stereocenters. The van der Waals surface area contributed by atoms with Gasteiger partial charge in [-0.1, -0.05) is 24.3 Å². The summed E-state index contributed by atoms with van der Waals surface area (Å²) in [6.07, 6.45) is 4.11. The number of rotatable bonds is 3. The number of methoxy groups -OCH3 is 1. The number of fused-ring (bicyclic) bond motifs is 1. The Kier molecular flexibility index (Phi) is 3.79. The Morgan fingerprint density at radius 1 is 1.53 bits per heavy atom. The zero-order chi connectivity index (χ0) is 12.3. The smallest absolute Gasteiger partial charge is 0.322 e. The first-order valence-corrected chi connectivity index (χ1v) is 6.13. The second-order valence-corrected chi connectivity index (χ2v) is 4.65. The van der Waals surface area contributed by atoms with Crippen LogP contribution in [0.3, 0.4) is 0 Å². The summed E-state index contributed by atoms with van der Waals surface area (Å²) in [5, 5.41) is 0. The second-order valence-electron chi connectivity index (χ2n) is 4.65. The van der Waals surface area contributed by atoms with Crippen molar-refractivity contribution in [2.24, 2.45) is 5.73 Å². The maximum atomic E-state index is 11.4. The monoisotopic (exact) mass is 233 g/mol. The summed E-state index contributed by atoms with van der Waals surface area (Å²) in [6.45, 7) is 0. The number of esters is 1. The van der Waals surface area contributed by atoms with Crippen LogP contribution in [0.15, 0.2) is 24.3 Å². The number of benzene rings is 1. The zero-order valence-corrected chi connectivity index (χ0v) is 10.2. The van der Waals surface area contributed by atoms with Crippen molar-refractivity contribution in [3.63, 3.8) is 0 Å². The molecule has 0 aliphatic heterocycles. The van der Waals surface area contributed by atoms with Gasteiger partial charge in [0.1, 0.15) is 6.04 Å². The quantitative estimate of drug-likeness (QED) is 0.812. The molecule has 0 bridgehead atoms. The van der Waals surface area contributed by atoms with Crippen LogP contribution in [0.1, 0.15) is 36.3 Å². The minimum absolute atomic E-state index is 0.312. The Balaban J connectivity index is 2.11. The summed E-state index contributed by atoms with van der Waals surface area (Å²) in [6, 6.07) is 7.95. The molecule has 0 saturated heterocycles. The molecule has 2 N–H and O–H groups in total. The van der Waals surface area contributed by atoms with E-state index in [2.05, 4.69) is 29.0 Å². The van der Waals surface area contributed by atoms with Crippen LogP contribution < -0.4 is 5.73 Å². The highest BCUT2D eigenvalue weighted by Gasteiger charge is 2.25. The van der Waals surface area contributed by atoms with Crippen molar-refractivity contribution in [3.8, 4) is 0 Å². The standard InChI is InChI=1S/C14H19NO2/c1-17-14(16)13(15)9-11-7-4-6-10-5-2-3-8-12(10)11/h2-3,5,8,11,13H,4,6-7,9,15H2,1H3/t11?,13-/m1/s1. The minimum Gasteiger partial charge on any atom is -0.468 e. The highest BCUT2D eigenvalue weighted by atomic mass is 16.5.